The number of halogens is 1. The normalized spacial score (nSPS) is 12.3. The fraction of sp³-hybridized carbons (Fsp3) is 0.0455. The Morgan fingerprint density at radius 1 is 0.811 bits per heavy atom. The van der Waals surface area contributed by atoms with Crippen molar-refractivity contribution in [2.45, 2.75) is 6.54 Å². The number of imide groups is 1. The summed E-state index contributed by atoms with van der Waals surface area (Å²) in [4.78, 5) is 72.3. The van der Waals surface area contributed by atoms with Gasteiger partial charge in [0, 0.05) is 23.2 Å². The van der Waals surface area contributed by atoms with E-state index in [4.69, 9.17) is 11.6 Å². The Morgan fingerprint density at radius 2 is 1.43 bits per heavy atom. The first kappa shape index (κ1) is 24.9. The summed E-state index contributed by atoms with van der Waals surface area (Å²) in [7, 11) is 0. The molecule has 0 N–H and O–H groups in total. The third kappa shape index (κ3) is 4.32. The SMILES string of the molecule is O=C(c1ccccc1[N+](=O)[O-])N(Cc1ccc(Cl)cc1[N+](=O)[O-])N1C(=O)c2cccc([N+](=O)[O-])c2C1=O. The first-order valence-corrected chi connectivity index (χ1v) is 10.5. The fourth-order valence-electron chi connectivity index (χ4n) is 3.81. The van der Waals surface area contributed by atoms with E-state index in [0.29, 0.717) is 5.01 Å². The van der Waals surface area contributed by atoms with Gasteiger partial charge in [-0.25, -0.2) is 5.01 Å². The highest BCUT2D eigenvalue weighted by molar-refractivity contribution is 6.30. The number of hydrogen-bond donors (Lipinski definition) is 0. The molecule has 3 aromatic carbocycles. The monoisotopic (exact) mass is 525 g/mol. The molecule has 1 aliphatic heterocycles. The maximum Gasteiger partial charge on any atom is 0.287 e. The average molecular weight is 526 g/mol. The fourth-order valence-corrected chi connectivity index (χ4v) is 3.98. The summed E-state index contributed by atoms with van der Waals surface area (Å²) >= 11 is 5.85. The van der Waals surface area contributed by atoms with Gasteiger partial charge in [0.2, 0.25) is 0 Å². The van der Waals surface area contributed by atoms with Crippen LogP contribution < -0.4 is 0 Å². The molecule has 186 valence electrons. The lowest BCUT2D eigenvalue weighted by Gasteiger charge is -2.29. The minimum Gasteiger partial charge on any atom is -0.267 e. The number of nitrogens with zero attached hydrogens (tertiary/aromatic N) is 5. The molecule has 0 radical (unpaired) electrons. The van der Waals surface area contributed by atoms with Gasteiger partial charge in [0.1, 0.15) is 11.1 Å². The van der Waals surface area contributed by atoms with Crippen LogP contribution >= 0.6 is 11.6 Å². The number of fused-ring (bicyclic) bond motifs is 1. The second-order valence-electron chi connectivity index (χ2n) is 7.55. The van der Waals surface area contributed by atoms with Gasteiger partial charge < -0.3 is 0 Å². The van der Waals surface area contributed by atoms with Crippen LogP contribution in [-0.4, -0.2) is 42.5 Å². The first-order valence-electron chi connectivity index (χ1n) is 10.2. The minimum atomic E-state index is -1.25. The molecule has 0 atom stereocenters. The molecule has 0 aromatic heterocycles. The lowest BCUT2D eigenvalue weighted by Crippen LogP contribution is -2.49. The lowest BCUT2D eigenvalue weighted by molar-refractivity contribution is -0.385. The first-order chi connectivity index (χ1) is 17.5. The standard InChI is InChI=1S/C22H12ClN5O9/c23-13-9-8-12(18(10-13)28(36)37)11-24(20(29)14-4-1-2-6-16(14)26(32)33)25-21(30)15-5-3-7-17(27(34)35)19(15)22(25)31/h1-10H,11H2. The summed E-state index contributed by atoms with van der Waals surface area (Å²) in [5.41, 5.74) is -3.61. The Morgan fingerprint density at radius 3 is 2.08 bits per heavy atom. The smallest absolute Gasteiger partial charge is 0.267 e. The molecule has 15 heteroatoms. The molecule has 0 spiro atoms. The predicted molar refractivity (Wildman–Crippen MR) is 125 cm³/mol. The van der Waals surface area contributed by atoms with Crippen molar-refractivity contribution >= 4 is 46.4 Å². The van der Waals surface area contributed by atoms with E-state index in [-0.39, 0.29) is 21.2 Å². The van der Waals surface area contributed by atoms with Crippen LogP contribution in [0.3, 0.4) is 0 Å². The van der Waals surface area contributed by atoms with Crippen LogP contribution in [0.25, 0.3) is 0 Å². The Kier molecular flexibility index (Phi) is 6.34. The zero-order chi connectivity index (χ0) is 27.0. The van der Waals surface area contributed by atoms with Crippen molar-refractivity contribution in [3.63, 3.8) is 0 Å². The largest absolute Gasteiger partial charge is 0.287 e. The molecule has 37 heavy (non-hydrogen) atoms. The van der Waals surface area contributed by atoms with E-state index >= 15 is 0 Å². The van der Waals surface area contributed by atoms with Gasteiger partial charge in [0.15, 0.2) is 0 Å². The van der Waals surface area contributed by atoms with Crippen LogP contribution in [-0.2, 0) is 6.54 Å². The molecule has 3 aromatic rings. The van der Waals surface area contributed by atoms with Crippen molar-refractivity contribution in [2.24, 2.45) is 0 Å². The highest BCUT2D eigenvalue weighted by atomic mass is 35.5. The number of nitro groups is 3. The molecule has 0 fully saturated rings. The van der Waals surface area contributed by atoms with E-state index in [1.165, 1.54) is 30.3 Å². The number of rotatable bonds is 7. The molecule has 0 aliphatic carbocycles. The van der Waals surface area contributed by atoms with Crippen LogP contribution in [0.2, 0.25) is 5.02 Å². The molecule has 0 unspecified atom stereocenters. The molecule has 1 heterocycles. The number of hydrogen-bond acceptors (Lipinski definition) is 9. The zero-order valence-electron chi connectivity index (χ0n) is 18.3. The maximum absolute atomic E-state index is 13.6. The van der Waals surface area contributed by atoms with Gasteiger partial charge in [-0.2, -0.15) is 5.01 Å². The van der Waals surface area contributed by atoms with Crippen molar-refractivity contribution in [2.75, 3.05) is 0 Å². The van der Waals surface area contributed by atoms with Crippen LogP contribution in [0.15, 0.2) is 60.7 Å². The van der Waals surface area contributed by atoms with E-state index < -0.39 is 67.2 Å². The van der Waals surface area contributed by atoms with Crippen LogP contribution in [0, 0.1) is 30.3 Å². The average Bonchev–Trinajstić information content (AvgIpc) is 3.12. The third-order valence-corrected chi connectivity index (χ3v) is 5.67. The van der Waals surface area contributed by atoms with Crippen LogP contribution in [0.1, 0.15) is 36.6 Å². The number of amides is 3. The summed E-state index contributed by atoms with van der Waals surface area (Å²) in [6.45, 7) is -0.780. The predicted octanol–water partition coefficient (Wildman–Crippen LogP) is 3.92. The summed E-state index contributed by atoms with van der Waals surface area (Å²) in [5.74, 6) is -3.61. The molecule has 1 aliphatic rings. The maximum atomic E-state index is 13.6. The summed E-state index contributed by atoms with van der Waals surface area (Å²) < 4.78 is 0. The highest BCUT2D eigenvalue weighted by Crippen LogP contribution is 2.34. The van der Waals surface area contributed by atoms with Crippen molar-refractivity contribution < 1.29 is 29.2 Å². The number of para-hydroxylation sites is 1. The number of carbonyl (C=O) groups excluding carboxylic acids is 3. The van der Waals surface area contributed by atoms with Crippen molar-refractivity contribution in [3.05, 3.63) is 118 Å². The second-order valence-corrected chi connectivity index (χ2v) is 7.98. The summed E-state index contributed by atoms with van der Waals surface area (Å²) in [6.07, 6.45) is 0. The second kappa shape index (κ2) is 9.43. The van der Waals surface area contributed by atoms with E-state index in [9.17, 15) is 44.7 Å². The van der Waals surface area contributed by atoms with Gasteiger partial charge in [-0.3, -0.25) is 44.7 Å². The Balaban J connectivity index is 1.90. The molecular weight excluding hydrogens is 514 g/mol. The van der Waals surface area contributed by atoms with E-state index in [0.717, 1.165) is 30.3 Å². The van der Waals surface area contributed by atoms with Crippen LogP contribution in [0.5, 0.6) is 0 Å². The van der Waals surface area contributed by atoms with Gasteiger partial charge in [-0.05, 0) is 24.3 Å². The van der Waals surface area contributed by atoms with Gasteiger partial charge in [-0.1, -0.05) is 29.8 Å². The Bertz CT molecular complexity index is 1540. The topological polar surface area (TPSA) is 187 Å². The zero-order valence-corrected chi connectivity index (χ0v) is 19.0. The third-order valence-electron chi connectivity index (χ3n) is 5.44. The van der Waals surface area contributed by atoms with Gasteiger partial charge in [0.05, 0.1) is 32.4 Å². The molecule has 14 nitrogen and oxygen atoms in total. The molecular formula is C22H12ClN5O9. The minimum absolute atomic E-state index is 0.0108. The molecule has 0 bridgehead atoms. The van der Waals surface area contributed by atoms with Gasteiger partial charge in [-0.15, -0.1) is 0 Å². The number of hydrazine groups is 1. The molecule has 0 saturated carbocycles. The summed E-state index contributed by atoms with van der Waals surface area (Å²) in [6, 6.07) is 11.4. The van der Waals surface area contributed by atoms with Gasteiger partial charge in [0.25, 0.3) is 34.8 Å². The molecule has 4 rings (SSSR count). The van der Waals surface area contributed by atoms with Crippen molar-refractivity contribution in [1.29, 1.82) is 0 Å². The molecule has 3 amide bonds. The van der Waals surface area contributed by atoms with E-state index in [2.05, 4.69) is 0 Å². The quantitative estimate of drug-likeness (QED) is 0.250. The van der Waals surface area contributed by atoms with Crippen LogP contribution in [0.4, 0.5) is 17.1 Å². The van der Waals surface area contributed by atoms with E-state index in [1.54, 1.807) is 0 Å². The Hall–Kier alpha value is -5.24. The Labute approximate surface area is 210 Å². The van der Waals surface area contributed by atoms with Crippen molar-refractivity contribution in [1.82, 2.24) is 10.0 Å². The van der Waals surface area contributed by atoms with Gasteiger partial charge >= 0.3 is 0 Å². The number of nitro benzene ring substituents is 3. The number of carbonyl (C=O) groups is 3. The van der Waals surface area contributed by atoms with E-state index in [1.807, 2.05) is 0 Å². The summed E-state index contributed by atoms with van der Waals surface area (Å²) in [5, 5.41) is 35.4. The number of benzene rings is 3. The lowest BCUT2D eigenvalue weighted by atomic mass is 10.1. The van der Waals surface area contributed by atoms with Crippen molar-refractivity contribution in [3.8, 4) is 0 Å². The molecule has 0 saturated heterocycles. The highest BCUT2D eigenvalue weighted by Gasteiger charge is 2.46.